The molecule has 2 aliphatic rings. The van der Waals surface area contributed by atoms with Gasteiger partial charge in [-0.05, 0) is 53.9 Å². The summed E-state index contributed by atoms with van der Waals surface area (Å²) in [5.74, 6) is -0.912. The smallest absolute Gasteiger partial charge is 0.263 e. The Bertz CT molecular complexity index is 1320. The van der Waals surface area contributed by atoms with Crippen LogP contribution in [0.5, 0.6) is 0 Å². The molecule has 6 nitrogen and oxygen atoms in total. The van der Waals surface area contributed by atoms with Gasteiger partial charge in [-0.2, -0.15) is 0 Å². The number of carbonyl (C=O) groups excluding carboxylic acids is 3. The summed E-state index contributed by atoms with van der Waals surface area (Å²) in [5.41, 5.74) is 3.26. The predicted molar refractivity (Wildman–Crippen MR) is 136 cm³/mol. The lowest BCUT2D eigenvalue weighted by Crippen LogP contribution is -2.49. The number of halogens is 2. The molecule has 0 spiro atoms. The normalized spacial score (nSPS) is 15.4. The van der Waals surface area contributed by atoms with Gasteiger partial charge in [0.25, 0.3) is 11.8 Å². The lowest BCUT2D eigenvalue weighted by Gasteiger charge is -2.36. The third-order valence-corrected chi connectivity index (χ3v) is 6.97. The third kappa shape index (κ3) is 4.84. The van der Waals surface area contributed by atoms with E-state index in [4.69, 9.17) is 11.6 Å². The number of amides is 3. The lowest BCUT2D eigenvalue weighted by atomic mass is 10.1. The van der Waals surface area contributed by atoms with Crippen LogP contribution in [0.15, 0.2) is 66.7 Å². The highest BCUT2D eigenvalue weighted by Crippen LogP contribution is 2.32. The van der Waals surface area contributed by atoms with Crippen molar-refractivity contribution in [3.8, 4) is 0 Å². The van der Waals surface area contributed by atoms with E-state index < -0.39 is 0 Å². The summed E-state index contributed by atoms with van der Waals surface area (Å²) in [6.07, 6.45) is 0.742. The van der Waals surface area contributed by atoms with E-state index in [0.717, 1.165) is 16.8 Å². The van der Waals surface area contributed by atoms with Gasteiger partial charge < -0.3 is 9.80 Å². The summed E-state index contributed by atoms with van der Waals surface area (Å²) in [6, 6.07) is 18.7. The highest BCUT2D eigenvalue weighted by Gasteiger charge is 2.38. The van der Waals surface area contributed by atoms with Gasteiger partial charge in [0.2, 0.25) is 5.91 Å². The fourth-order valence-corrected chi connectivity index (χ4v) is 5.02. The van der Waals surface area contributed by atoms with Crippen LogP contribution < -0.4 is 4.90 Å². The van der Waals surface area contributed by atoms with Gasteiger partial charge in [-0.3, -0.25) is 19.3 Å². The number of piperazine rings is 1. The van der Waals surface area contributed by atoms with Gasteiger partial charge in [0.05, 0.1) is 23.2 Å². The highest BCUT2D eigenvalue weighted by atomic mass is 35.5. The van der Waals surface area contributed by atoms with Crippen LogP contribution in [-0.4, -0.2) is 60.2 Å². The monoisotopic (exact) mass is 505 g/mol. The zero-order valence-corrected chi connectivity index (χ0v) is 20.4. The molecule has 3 amide bonds. The van der Waals surface area contributed by atoms with Gasteiger partial charge >= 0.3 is 0 Å². The van der Waals surface area contributed by atoms with Crippen molar-refractivity contribution in [3.63, 3.8) is 0 Å². The zero-order valence-electron chi connectivity index (χ0n) is 19.6. The van der Waals surface area contributed by atoms with E-state index in [0.29, 0.717) is 48.7 Å². The maximum atomic E-state index is 13.3. The molecule has 2 aliphatic heterocycles. The molecular weight excluding hydrogens is 481 g/mol. The average Bonchev–Trinajstić information content (AvgIpc) is 3.13. The number of fused-ring (bicyclic) bond motifs is 1. The number of benzene rings is 3. The van der Waals surface area contributed by atoms with E-state index in [-0.39, 0.29) is 36.5 Å². The van der Waals surface area contributed by atoms with E-state index in [1.54, 1.807) is 36.4 Å². The Labute approximate surface area is 213 Å². The Balaban J connectivity index is 1.25. The van der Waals surface area contributed by atoms with E-state index in [1.165, 1.54) is 17.0 Å². The molecule has 0 aromatic heterocycles. The van der Waals surface area contributed by atoms with Crippen LogP contribution in [-0.2, 0) is 17.6 Å². The quantitative estimate of drug-likeness (QED) is 0.471. The summed E-state index contributed by atoms with van der Waals surface area (Å²) >= 11 is 6.04. The Hall–Kier alpha value is -3.71. The summed E-state index contributed by atoms with van der Waals surface area (Å²) in [4.78, 5) is 44.3. The predicted octanol–water partition coefficient (Wildman–Crippen LogP) is 4.21. The largest absolute Gasteiger partial charge is 0.367 e. The van der Waals surface area contributed by atoms with Crippen molar-refractivity contribution in [1.29, 1.82) is 0 Å². The van der Waals surface area contributed by atoms with Crippen molar-refractivity contribution in [1.82, 2.24) is 9.80 Å². The number of carbonyl (C=O) groups is 3. The molecule has 0 N–H and O–H groups in total. The number of hydrogen-bond donors (Lipinski definition) is 0. The number of hydrogen-bond acceptors (Lipinski definition) is 4. The van der Waals surface area contributed by atoms with Gasteiger partial charge in [0.15, 0.2) is 0 Å². The van der Waals surface area contributed by atoms with Gasteiger partial charge in [0, 0.05) is 37.7 Å². The maximum Gasteiger partial charge on any atom is 0.263 e. The first-order chi connectivity index (χ1) is 17.4. The molecule has 0 bridgehead atoms. The summed E-state index contributed by atoms with van der Waals surface area (Å²) < 4.78 is 13.2. The summed E-state index contributed by atoms with van der Waals surface area (Å²) in [5, 5.41) is 0.606. The van der Waals surface area contributed by atoms with Crippen LogP contribution in [0.4, 0.5) is 10.1 Å². The molecule has 8 heteroatoms. The minimum absolute atomic E-state index is 0.0356. The number of anilines is 1. The second kappa shape index (κ2) is 10.1. The molecule has 0 atom stereocenters. The molecule has 0 unspecified atom stereocenters. The molecule has 36 heavy (non-hydrogen) atoms. The minimum atomic E-state index is -0.324. The molecule has 1 fully saturated rings. The van der Waals surface area contributed by atoms with Crippen molar-refractivity contribution in [3.05, 3.63) is 99.8 Å². The van der Waals surface area contributed by atoms with Crippen LogP contribution in [0, 0.1) is 5.82 Å². The van der Waals surface area contributed by atoms with Gasteiger partial charge in [-0.25, -0.2) is 4.39 Å². The second-order valence-electron chi connectivity index (χ2n) is 9.01. The molecular formula is C28H25ClFN3O3. The van der Waals surface area contributed by atoms with Gasteiger partial charge in [-0.15, -0.1) is 0 Å². The van der Waals surface area contributed by atoms with Gasteiger partial charge in [-0.1, -0.05) is 41.9 Å². The first-order valence-electron chi connectivity index (χ1n) is 11.9. The third-order valence-electron chi connectivity index (χ3n) is 6.73. The maximum absolute atomic E-state index is 13.3. The molecule has 2 heterocycles. The van der Waals surface area contributed by atoms with E-state index in [9.17, 15) is 18.8 Å². The topological polar surface area (TPSA) is 60.9 Å². The van der Waals surface area contributed by atoms with Crippen molar-refractivity contribution in [2.75, 3.05) is 37.6 Å². The van der Waals surface area contributed by atoms with Crippen molar-refractivity contribution in [2.24, 2.45) is 0 Å². The zero-order chi connectivity index (χ0) is 25.2. The van der Waals surface area contributed by atoms with Gasteiger partial charge in [0.1, 0.15) is 5.82 Å². The van der Waals surface area contributed by atoms with Crippen LogP contribution >= 0.6 is 11.6 Å². The number of nitrogens with zero attached hydrogens (tertiary/aromatic N) is 3. The molecule has 0 aliphatic carbocycles. The standard InChI is InChI=1S/C28H25ClFN3O3/c29-21-4-1-3-20(17-21)18-25(34)32-15-13-31(14-16-32)24-6-2-5-23-26(24)28(36)33(27(23)35)12-11-19-7-9-22(30)10-8-19/h1-10,17H,11-16,18H2. The Morgan fingerprint density at radius 1 is 0.861 bits per heavy atom. The fourth-order valence-electron chi connectivity index (χ4n) is 4.80. The molecule has 1 saturated heterocycles. The van der Waals surface area contributed by atoms with Crippen molar-refractivity contribution in [2.45, 2.75) is 12.8 Å². The van der Waals surface area contributed by atoms with Crippen LogP contribution in [0.3, 0.4) is 0 Å². The molecule has 184 valence electrons. The number of imide groups is 1. The Morgan fingerprint density at radius 2 is 1.58 bits per heavy atom. The average molecular weight is 506 g/mol. The minimum Gasteiger partial charge on any atom is -0.367 e. The van der Waals surface area contributed by atoms with Crippen molar-refractivity contribution < 1.29 is 18.8 Å². The first-order valence-corrected chi connectivity index (χ1v) is 12.3. The Kier molecular flexibility index (Phi) is 6.74. The SMILES string of the molecule is O=C(Cc1cccc(Cl)c1)N1CCN(c2cccc3c2C(=O)N(CCc2ccc(F)cc2)C3=O)CC1. The summed E-state index contributed by atoms with van der Waals surface area (Å²) in [7, 11) is 0. The first kappa shape index (κ1) is 24.0. The molecule has 0 radical (unpaired) electrons. The molecule has 5 rings (SSSR count). The lowest BCUT2D eigenvalue weighted by molar-refractivity contribution is -0.130. The second-order valence-corrected chi connectivity index (χ2v) is 9.45. The molecule has 3 aromatic carbocycles. The van der Waals surface area contributed by atoms with Crippen LogP contribution in [0.25, 0.3) is 0 Å². The number of rotatable bonds is 6. The van der Waals surface area contributed by atoms with Crippen molar-refractivity contribution >= 4 is 35.0 Å². The van der Waals surface area contributed by atoms with E-state index >= 15 is 0 Å². The van der Waals surface area contributed by atoms with Crippen LogP contribution in [0.2, 0.25) is 5.02 Å². The highest BCUT2D eigenvalue weighted by molar-refractivity contribution is 6.30. The Morgan fingerprint density at radius 3 is 2.31 bits per heavy atom. The van der Waals surface area contributed by atoms with E-state index in [2.05, 4.69) is 4.90 Å². The fraction of sp³-hybridized carbons (Fsp3) is 0.250. The molecule has 0 saturated carbocycles. The summed E-state index contributed by atoms with van der Waals surface area (Å²) in [6.45, 7) is 2.41. The molecule has 3 aromatic rings. The van der Waals surface area contributed by atoms with E-state index in [1.807, 2.05) is 23.1 Å². The van der Waals surface area contributed by atoms with Crippen LogP contribution in [0.1, 0.15) is 31.8 Å².